The molecular weight excluding hydrogens is 358 g/mol. The number of para-hydroxylation sites is 1. The molecule has 8 nitrogen and oxygen atoms in total. The summed E-state index contributed by atoms with van der Waals surface area (Å²) in [6, 6.07) is 16.3. The van der Waals surface area contributed by atoms with E-state index in [0.717, 1.165) is 20.7 Å². The average Bonchev–Trinajstić information content (AvgIpc) is 3.07. The number of nitrogens with zero attached hydrogens (tertiary/aromatic N) is 4. The summed E-state index contributed by atoms with van der Waals surface area (Å²) in [6.07, 6.45) is 0. The number of rotatable bonds is 7. The number of tetrazole rings is 1. The van der Waals surface area contributed by atoms with Gasteiger partial charge in [-0.25, -0.2) is 4.79 Å². The molecule has 3 aromatic rings. The summed E-state index contributed by atoms with van der Waals surface area (Å²) in [5, 5.41) is 10.7. The van der Waals surface area contributed by atoms with E-state index in [1.54, 1.807) is 31.4 Å². The molecule has 2 aromatic carbocycles. The number of nitrogens with one attached hydrogen (secondary N) is 1. The van der Waals surface area contributed by atoms with Crippen molar-refractivity contribution in [1.82, 2.24) is 25.1 Å². The fourth-order valence-electron chi connectivity index (χ4n) is 2.91. The van der Waals surface area contributed by atoms with Crippen LogP contribution in [0.3, 0.4) is 0 Å². The number of hydrogen-bond acceptors (Lipinski definition) is 5. The molecule has 0 radical (unpaired) electrons. The van der Waals surface area contributed by atoms with Crippen LogP contribution in [0.5, 0.6) is 5.75 Å². The van der Waals surface area contributed by atoms with Crippen LogP contribution in [0.1, 0.15) is 25.5 Å². The average molecular weight is 381 g/mol. The predicted molar refractivity (Wildman–Crippen MR) is 104 cm³/mol. The normalized spacial score (nSPS) is 12.0. The van der Waals surface area contributed by atoms with E-state index in [2.05, 4.69) is 15.7 Å². The first-order chi connectivity index (χ1) is 13.5. The van der Waals surface area contributed by atoms with Gasteiger partial charge in [0, 0.05) is 0 Å². The second-order valence-electron chi connectivity index (χ2n) is 6.73. The second-order valence-corrected chi connectivity index (χ2v) is 6.73. The first-order valence-corrected chi connectivity index (χ1v) is 9.01. The van der Waals surface area contributed by atoms with Gasteiger partial charge in [-0.3, -0.25) is 4.79 Å². The van der Waals surface area contributed by atoms with Crippen molar-refractivity contribution in [2.45, 2.75) is 26.4 Å². The maximum atomic E-state index is 12.5. The van der Waals surface area contributed by atoms with Crippen molar-refractivity contribution >= 4 is 5.91 Å². The third kappa shape index (κ3) is 4.28. The van der Waals surface area contributed by atoms with Crippen LogP contribution < -0.4 is 15.7 Å². The number of hydrogen-bond donors (Lipinski definition) is 1. The number of carbonyl (C=O) groups is 1. The number of amides is 1. The van der Waals surface area contributed by atoms with Crippen LogP contribution in [0.4, 0.5) is 0 Å². The third-order valence-electron chi connectivity index (χ3n) is 4.39. The summed E-state index contributed by atoms with van der Waals surface area (Å²) in [5.41, 5.74) is 1.09. The molecule has 1 N–H and O–H groups in total. The molecule has 0 fully saturated rings. The molecule has 28 heavy (non-hydrogen) atoms. The molecule has 1 aromatic heterocycles. The minimum Gasteiger partial charge on any atom is -0.497 e. The molecule has 146 valence electrons. The Hall–Kier alpha value is -3.42. The van der Waals surface area contributed by atoms with Gasteiger partial charge >= 0.3 is 5.69 Å². The summed E-state index contributed by atoms with van der Waals surface area (Å²) in [6.45, 7) is 3.84. The predicted octanol–water partition coefficient (Wildman–Crippen LogP) is 1.95. The van der Waals surface area contributed by atoms with Crippen LogP contribution in [0, 0.1) is 5.92 Å². The lowest BCUT2D eigenvalue weighted by Crippen LogP contribution is -2.37. The number of methoxy groups -OCH3 is 1. The highest BCUT2D eigenvalue weighted by Crippen LogP contribution is 2.23. The van der Waals surface area contributed by atoms with Crippen LogP contribution in [-0.2, 0) is 11.3 Å². The van der Waals surface area contributed by atoms with Crippen LogP contribution in [-0.4, -0.2) is 32.8 Å². The van der Waals surface area contributed by atoms with Crippen LogP contribution in [0.25, 0.3) is 5.69 Å². The highest BCUT2D eigenvalue weighted by atomic mass is 16.5. The molecule has 1 amide bonds. The SMILES string of the molecule is COc1ccc([C@@H](NC(=O)Cn2nnn(-c3ccccc3)c2=O)C(C)C)cc1. The molecule has 0 aliphatic heterocycles. The number of ether oxygens (including phenoxy) is 1. The Morgan fingerprint density at radius 1 is 1.07 bits per heavy atom. The molecule has 0 aliphatic rings. The van der Waals surface area contributed by atoms with Crippen molar-refractivity contribution in [3.63, 3.8) is 0 Å². The largest absolute Gasteiger partial charge is 0.497 e. The Balaban J connectivity index is 1.73. The number of carbonyl (C=O) groups excluding carboxylic acids is 1. The molecule has 3 rings (SSSR count). The van der Waals surface area contributed by atoms with Gasteiger partial charge in [0.05, 0.1) is 18.8 Å². The van der Waals surface area contributed by atoms with E-state index >= 15 is 0 Å². The van der Waals surface area contributed by atoms with E-state index in [-0.39, 0.29) is 24.4 Å². The summed E-state index contributed by atoms with van der Waals surface area (Å²) in [5.74, 6) is 0.604. The molecule has 1 atom stereocenters. The quantitative estimate of drug-likeness (QED) is 0.675. The number of aromatic nitrogens is 4. The zero-order valence-corrected chi connectivity index (χ0v) is 16.1. The van der Waals surface area contributed by atoms with E-state index < -0.39 is 5.69 Å². The summed E-state index contributed by atoms with van der Waals surface area (Å²) >= 11 is 0. The molecule has 0 saturated carbocycles. The standard InChI is InChI=1S/C20H23N5O3/c1-14(2)19(15-9-11-17(28-3)12-10-15)21-18(26)13-24-20(27)25(23-22-24)16-7-5-4-6-8-16/h4-12,14,19H,13H2,1-3H3,(H,21,26)/t19-/m0/s1. The maximum Gasteiger partial charge on any atom is 0.368 e. The summed E-state index contributed by atoms with van der Waals surface area (Å²) in [4.78, 5) is 25.0. The van der Waals surface area contributed by atoms with Gasteiger partial charge in [-0.15, -0.1) is 0 Å². The van der Waals surface area contributed by atoms with Gasteiger partial charge in [-0.1, -0.05) is 44.2 Å². The molecular formula is C20H23N5O3. The lowest BCUT2D eigenvalue weighted by atomic mass is 9.96. The van der Waals surface area contributed by atoms with Gasteiger partial charge in [-0.05, 0) is 46.2 Å². The van der Waals surface area contributed by atoms with Crippen LogP contribution in [0.2, 0.25) is 0 Å². The Morgan fingerprint density at radius 2 is 1.75 bits per heavy atom. The first-order valence-electron chi connectivity index (χ1n) is 9.01. The van der Waals surface area contributed by atoms with Gasteiger partial charge in [0.2, 0.25) is 5.91 Å². The molecule has 0 bridgehead atoms. The van der Waals surface area contributed by atoms with Crippen molar-refractivity contribution in [1.29, 1.82) is 0 Å². The Morgan fingerprint density at radius 3 is 2.36 bits per heavy atom. The third-order valence-corrected chi connectivity index (χ3v) is 4.39. The van der Waals surface area contributed by atoms with Gasteiger partial charge in [0.1, 0.15) is 12.3 Å². The highest BCUT2D eigenvalue weighted by Gasteiger charge is 2.20. The minimum absolute atomic E-state index is 0.161. The lowest BCUT2D eigenvalue weighted by molar-refractivity contribution is -0.123. The van der Waals surface area contributed by atoms with Gasteiger partial charge in [0.25, 0.3) is 0 Å². The molecule has 0 saturated heterocycles. The highest BCUT2D eigenvalue weighted by molar-refractivity contribution is 5.76. The Bertz CT molecular complexity index is 977. The van der Waals surface area contributed by atoms with Crippen molar-refractivity contribution in [3.05, 3.63) is 70.6 Å². The molecule has 0 aliphatic carbocycles. The van der Waals surface area contributed by atoms with E-state index in [1.807, 2.05) is 44.2 Å². The smallest absolute Gasteiger partial charge is 0.368 e. The summed E-state index contributed by atoms with van der Waals surface area (Å²) < 4.78 is 7.39. The van der Waals surface area contributed by atoms with Crippen molar-refractivity contribution < 1.29 is 9.53 Å². The fraction of sp³-hybridized carbons (Fsp3) is 0.300. The summed E-state index contributed by atoms with van der Waals surface area (Å²) in [7, 11) is 1.61. The monoisotopic (exact) mass is 381 g/mol. The lowest BCUT2D eigenvalue weighted by Gasteiger charge is -2.23. The van der Waals surface area contributed by atoms with Gasteiger partial charge in [0.15, 0.2) is 0 Å². The van der Waals surface area contributed by atoms with Gasteiger partial charge in [-0.2, -0.15) is 9.36 Å². The van der Waals surface area contributed by atoms with E-state index in [4.69, 9.17) is 4.74 Å². The molecule has 0 unspecified atom stereocenters. The van der Waals surface area contributed by atoms with Crippen molar-refractivity contribution in [3.8, 4) is 11.4 Å². The fourth-order valence-corrected chi connectivity index (χ4v) is 2.91. The van der Waals surface area contributed by atoms with Crippen molar-refractivity contribution in [2.75, 3.05) is 7.11 Å². The van der Waals surface area contributed by atoms with Crippen LogP contribution in [0.15, 0.2) is 59.4 Å². The van der Waals surface area contributed by atoms with E-state index in [0.29, 0.717) is 5.69 Å². The van der Waals surface area contributed by atoms with Crippen molar-refractivity contribution in [2.24, 2.45) is 5.92 Å². The molecule has 8 heteroatoms. The zero-order chi connectivity index (χ0) is 20.1. The number of benzene rings is 2. The zero-order valence-electron chi connectivity index (χ0n) is 16.1. The van der Waals surface area contributed by atoms with E-state index in [9.17, 15) is 9.59 Å². The van der Waals surface area contributed by atoms with Crippen LogP contribution >= 0.6 is 0 Å². The Kier molecular flexibility index (Phi) is 5.88. The molecule has 1 heterocycles. The van der Waals surface area contributed by atoms with Gasteiger partial charge < -0.3 is 10.1 Å². The second kappa shape index (κ2) is 8.51. The van der Waals surface area contributed by atoms with E-state index in [1.165, 1.54) is 0 Å². The maximum absolute atomic E-state index is 12.5. The first kappa shape index (κ1) is 19.3. The Labute approximate surface area is 162 Å². The topological polar surface area (TPSA) is 91.0 Å². The minimum atomic E-state index is -0.466. The molecule has 0 spiro atoms.